The van der Waals surface area contributed by atoms with E-state index in [1.165, 1.54) is 18.4 Å². The molecule has 1 fully saturated rings. The number of hydrogen-bond acceptors (Lipinski definition) is 5. The first-order valence-electron chi connectivity index (χ1n) is 7.66. The molecule has 1 aliphatic rings. The van der Waals surface area contributed by atoms with Gasteiger partial charge in [0.1, 0.15) is 12.0 Å². The van der Waals surface area contributed by atoms with Crippen molar-refractivity contribution in [3.63, 3.8) is 0 Å². The molecule has 0 radical (unpaired) electrons. The number of carbonyl (C=O) groups is 1. The highest BCUT2D eigenvalue weighted by molar-refractivity contribution is 7.89. The zero-order valence-corrected chi connectivity index (χ0v) is 13.8. The topological polar surface area (TPSA) is 114 Å². The van der Waals surface area contributed by atoms with Gasteiger partial charge in [0.25, 0.3) is 5.91 Å². The maximum absolute atomic E-state index is 12.1. The van der Waals surface area contributed by atoms with E-state index >= 15 is 0 Å². The van der Waals surface area contributed by atoms with Gasteiger partial charge in [-0.1, -0.05) is 0 Å². The highest BCUT2D eigenvalue weighted by atomic mass is 32.2. The molecule has 1 aromatic carbocycles. The molecule has 0 saturated heterocycles. The van der Waals surface area contributed by atoms with Gasteiger partial charge in [0.05, 0.1) is 17.0 Å². The molecule has 0 atom stereocenters. The molecule has 1 aromatic heterocycles. The van der Waals surface area contributed by atoms with Gasteiger partial charge in [-0.3, -0.25) is 4.79 Å². The number of hydrogen-bond donors (Lipinski definition) is 3. The maximum Gasteiger partial charge on any atom is 0.258 e. The van der Waals surface area contributed by atoms with Crippen molar-refractivity contribution >= 4 is 21.6 Å². The van der Waals surface area contributed by atoms with Crippen LogP contribution < -0.4 is 15.8 Å². The van der Waals surface area contributed by atoms with Crippen LogP contribution >= 0.6 is 0 Å². The largest absolute Gasteiger partial charge is 0.467 e. The zero-order chi connectivity index (χ0) is 17.2. The van der Waals surface area contributed by atoms with Crippen molar-refractivity contribution in [3.8, 4) is 0 Å². The third kappa shape index (κ3) is 4.02. The maximum atomic E-state index is 12.1. The number of sulfonamides is 1. The van der Waals surface area contributed by atoms with Crippen LogP contribution in [0.15, 0.2) is 45.9 Å². The summed E-state index contributed by atoms with van der Waals surface area (Å²) in [6, 6.07) is 7.59. The summed E-state index contributed by atoms with van der Waals surface area (Å²) in [7, 11) is -3.50. The molecule has 1 heterocycles. The summed E-state index contributed by atoms with van der Waals surface area (Å²) in [5.74, 6) is 0.635. The molecule has 0 aliphatic heterocycles. The van der Waals surface area contributed by atoms with Crippen molar-refractivity contribution in [3.05, 3.63) is 47.9 Å². The fraction of sp³-hybridized carbons (Fsp3) is 0.312. The molecular weight excluding hydrogens is 330 g/mol. The van der Waals surface area contributed by atoms with Crippen molar-refractivity contribution in [2.24, 2.45) is 11.7 Å². The van der Waals surface area contributed by atoms with E-state index in [1.807, 2.05) is 0 Å². The Bertz CT molecular complexity index is 823. The summed E-state index contributed by atoms with van der Waals surface area (Å²) in [5, 5.41) is 2.68. The second-order valence-electron chi connectivity index (χ2n) is 5.78. The Morgan fingerprint density at radius 1 is 1.25 bits per heavy atom. The summed E-state index contributed by atoms with van der Waals surface area (Å²) < 4.78 is 32.0. The van der Waals surface area contributed by atoms with Gasteiger partial charge >= 0.3 is 0 Å². The summed E-state index contributed by atoms with van der Waals surface area (Å²) >= 11 is 0. The van der Waals surface area contributed by atoms with Gasteiger partial charge in [-0.25, -0.2) is 13.1 Å². The Hall–Kier alpha value is -2.16. The molecule has 1 aliphatic carbocycles. The lowest BCUT2D eigenvalue weighted by Crippen LogP contribution is -2.25. The highest BCUT2D eigenvalue weighted by Gasteiger charge is 2.24. The molecular formula is C16H19N3O4S. The molecule has 7 nitrogen and oxygen atoms in total. The van der Waals surface area contributed by atoms with Gasteiger partial charge in [0.2, 0.25) is 10.0 Å². The number of benzene rings is 1. The minimum atomic E-state index is -3.50. The molecule has 4 N–H and O–H groups in total. The van der Waals surface area contributed by atoms with Gasteiger partial charge < -0.3 is 15.5 Å². The van der Waals surface area contributed by atoms with Crippen molar-refractivity contribution in [2.75, 3.05) is 11.9 Å². The molecule has 0 spiro atoms. The Labute approximate surface area is 140 Å². The molecule has 128 valence electrons. The summed E-state index contributed by atoms with van der Waals surface area (Å²) in [4.78, 5) is 12.2. The van der Waals surface area contributed by atoms with E-state index in [4.69, 9.17) is 10.2 Å². The smallest absolute Gasteiger partial charge is 0.258 e. The summed E-state index contributed by atoms with van der Waals surface area (Å²) in [6.07, 6.45) is 3.49. The highest BCUT2D eigenvalue weighted by Crippen LogP contribution is 2.28. The van der Waals surface area contributed by atoms with Crippen LogP contribution in [0.1, 0.15) is 29.0 Å². The van der Waals surface area contributed by atoms with E-state index in [1.54, 1.807) is 18.2 Å². The van der Waals surface area contributed by atoms with E-state index in [9.17, 15) is 13.2 Å². The SMILES string of the molecule is NCc1cc(C(=O)Nc2ccc(S(=O)(=O)NCC3CC3)cc2)co1. The Morgan fingerprint density at radius 2 is 1.96 bits per heavy atom. The van der Waals surface area contributed by atoms with Crippen LogP contribution in [0.2, 0.25) is 0 Å². The van der Waals surface area contributed by atoms with Crippen LogP contribution in [0.3, 0.4) is 0 Å². The molecule has 3 rings (SSSR count). The van der Waals surface area contributed by atoms with Crippen molar-refractivity contribution in [1.29, 1.82) is 0 Å². The molecule has 24 heavy (non-hydrogen) atoms. The predicted octanol–water partition coefficient (Wildman–Crippen LogP) is 1.68. The molecule has 2 aromatic rings. The number of anilines is 1. The summed E-state index contributed by atoms with van der Waals surface area (Å²) in [5.41, 5.74) is 6.29. The minimum absolute atomic E-state index is 0.176. The van der Waals surface area contributed by atoms with Crippen LogP contribution in [0, 0.1) is 5.92 Å². The Kier molecular flexibility index (Phi) is 4.70. The molecule has 8 heteroatoms. The van der Waals surface area contributed by atoms with E-state index in [0.717, 1.165) is 12.8 Å². The normalized spacial score (nSPS) is 14.5. The zero-order valence-electron chi connectivity index (χ0n) is 13.0. The average molecular weight is 349 g/mol. The summed E-state index contributed by atoms with van der Waals surface area (Å²) in [6.45, 7) is 0.693. The fourth-order valence-corrected chi connectivity index (χ4v) is 3.28. The molecule has 1 amide bonds. The van der Waals surface area contributed by atoms with Crippen LogP contribution in [-0.4, -0.2) is 20.9 Å². The van der Waals surface area contributed by atoms with Crippen molar-refractivity contribution in [1.82, 2.24) is 4.72 Å². The standard InChI is InChI=1S/C16H19N3O4S/c17-8-14-7-12(10-23-14)16(20)19-13-3-5-15(6-4-13)24(21,22)18-9-11-1-2-11/h3-7,10-11,18H,1-2,8-9,17H2,(H,19,20). The Balaban J connectivity index is 1.64. The minimum Gasteiger partial charge on any atom is -0.467 e. The quantitative estimate of drug-likeness (QED) is 0.703. The first-order chi connectivity index (χ1) is 11.5. The van der Waals surface area contributed by atoms with Crippen LogP contribution in [0.25, 0.3) is 0 Å². The third-order valence-electron chi connectivity index (χ3n) is 3.80. The molecule has 0 unspecified atom stereocenters. The van der Waals surface area contributed by atoms with E-state index < -0.39 is 10.0 Å². The fourth-order valence-electron chi connectivity index (χ4n) is 2.16. The van der Waals surface area contributed by atoms with Crippen LogP contribution in [-0.2, 0) is 16.6 Å². The molecule has 0 bridgehead atoms. The third-order valence-corrected chi connectivity index (χ3v) is 5.24. The average Bonchev–Trinajstić information content (AvgIpc) is 3.28. The first kappa shape index (κ1) is 16.7. The lowest BCUT2D eigenvalue weighted by atomic mass is 10.2. The van der Waals surface area contributed by atoms with Gasteiger partial charge in [-0.2, -0.15) is 0 Å². The Morgan fingerprint density at radius 3 is 2.54 bits per heavy atom. The van der Waals surface area contributed by atoms with E-state index in [-0.39, 0.29) is 17.3 Å². The van der Waals surface area contributed by atoms with Gasteiger partial charge in [0, 0.05) is 12.2 Å². The number of amides is 1. The lowest BCUT2D eigenvalue weighted by Gasteiger charge is -2.08. The second kappa shape index (κ2) is 6.76. The number of rotatable bonds is 7. The number of furan rings is 1. The van der Waals surface area contributed by atoms with E-state index in [0.29, 0.717) is 29.5 Å². The number of nitrogens with two attached hydrogens (primary N) is 1. The number of nitrogens with one attached hydrogen (secondary N) is 2. The predicted molar refractivity (Wildman–Crippen MR) is 88.9 cm³/mol. The second-order valence-corrected chi connectivity index (χ2v) is 7.55. The van der Waals surface area contributed by atoms with Crippen molar-refractivity contribution < 1.29 is 17.6 Å². The van der Waals surface area contributed by atoms with Crippen molar-refractivity contribution in [2.45, 2.75) is 24.3 Å². The first-order valence-corrected chi connectivity index (χ1v) is 9.15. The van der Waals surface area contributed by atoms with E-state index in [2.05, 4.69) is 10.0 Å². The number of carbonyl (C=O) groups excluding carboxylic acids is 1. The van der Waals surface area contributed by atoms with Gasteiger partial charge in [-0.05, 0) is 49.1 Å². The molecule has 1 saturated carbocycles. The lowest BCUT2D eigenvalue weighted by molar-refractivity contribution is 0.102. The van der Waals surface area contributed by atoms with Crippen LogP contribution in [0.5, 0.6) is 0 Å². The van der Waals surface area contributed by atoms with Gasteiger partial charge in [0.15, 0.2) is 0 Å². The van der Waals surface area contributed by atoms with Crippen LogP contribution in [0.4, 0.5) is 5.69 Å². The van der Waals surface area contributed by atoms with Gasteiger partial charge in [-0.15, -0.1) is 0 Å². The monoisotopic (exact) mass is 349 g/mol.